The second-order valence-corrected chi connectivity index (χ2v) is 11.6. The zero-order valence-corrected chi connectivity index (χ0v) is 24.3. The van der Waals surface area contributed by atoms with Gasteiger partial charge in [-0.15, -0.1) is 0 Å². The van der Waals surface area contributed by atoms with Gasteiger partial charge in [0.1, 0.15) is 25.8 Å². The maximum Gasteiger partial charge on any atom is 0.264 e. The third-order valence-corrected chi connectivity index (χ3v) is 8.83. The van der Waals surface area contributed by atoms with Gasteiger partial charge < -0.3 is 19.7 Å². The number of carbonyl (C=O) groups is 2. The highest BCUT2D eigenvalue weighted by Gasteiger charge is 2.33. The number of rotatable bonds is 10. The molecule has 1 aliphatic rings. The van der Waals surface area contributed by atoms with Crippen LogP contribution in [0.15, 0.2) is 71.6 Å². The Hall–Kier alpha value is -3.47. The van der Waals surface area contributed by atoms with Gasteiger partial charge in [-0.25, -0.2) is 8.42 Å². The van der Waals surface area contributed by atoms with Crippen LogP contribution in [-0.2, 0) is 26.2 Å². The van der Waals surface area contributed by atoms with Gasteiger partial charge in [-0.3, -0.25) is 13.9 Å². The Balaban J connectivity index is 1.76. The molecular formula is C28H29Cl2N3O6S. The van der Waals surface area contributed by atoms with Crippen LogP contribution in [0.2, 0.25) is 10.0 Å². The number of sulfonamides is 1. The molecule has 1 atom stereocenters. The molecule has 2 amide bonds. The van der Waals surface area contributed by atoms with Gasteiger partial charge in [0.25, 0.3) is 10.0 Å². The van der Waals surface area contributed by atoms with E-state index in [2.05, 4.69) is 5.32 Å². The topological polar surface area (TPSA) is 105 Å². The van der Waals surface area contributed by atoms with Crippen molar-refractivity contribution in [1.29, 1.82) is 0 Å². The molecule has 40 heavy (non-hydrogen) atoms. The Bertz CT molecular complexity index is 1470. The van der Waals surface area contributed by atoms with Gasteiger partial charge in [0, 0.05) is 34.8 Å². The van der Waals surface area contributed by atoms with Gasteiger partial charge in [-0.2, -0.15) is 0 Å². The predicted octanol–water partition coefficient (Wildman–Crippen LogP) is 4.51. The van der Waals surface area contributed by atoms with E-state index in [0.29, 0.717) is 46.9 Å². The van der Waals surface area contributed by atoms with E-state index in [4.69, 9.17) is 32.7 Å². The van der Waals surface area contributed by atoms with Gasteiger partial charge in [-0.05, 0) is 50.2 Å². The molecule has 1 N–H and O–H groups in total. The molecule has 0 spiro atoms. The summed E-state index contributed by atoms with van der Waals surface area (Å²) >= 11 is 12.8. The number of hydrogen-bond acceptors (Lipinski definition) is 6. The molecular weight excluding hydrogens is 577 g/mol. The molecule has 1 heterocycles. The first kappa shape index (κ1) is 29.5. The van der Waals surface area contributed by atoms with Crippen LogP contribution in [0.4, 0.5) is 5.69 Å². The summed E-state index contributed by atoms with van der Waals surface area (Å²) < 4.78 is 40.0. The minimum atomic E-state index is -4.22. The van der Waals surface area contributed by atoms with E-state index in [1.165, 1.54) is 23.1 Å². The fraction of sp³-hybridized carbons (Fsp3) is 0.286. The molecule has 9 nitrogen and oxygen atoms in total. The highest BCUT2D eigenvalue weighted by atomic mass is 35.5. The molecule has 0 radical (unpaired) electrons. The van der Waals surface area contributed by atoms with Gasteiger partial charge in [0.05, 0.1) is 10.6 Å². The molecule has 0 bridgehead atoms. The second kappa shape index (κ2) is 12.8. The summed E-state index contributed by atoms with van der Waals surface area (Å²) in [6.07, 6.45) is 0. The zero-order chi connectivity index (χ0) is 28.9. The first-order valence-corrected chi connectivity index (χ1v) is 14.8. The first-order valence-electron chi connectivity index (χ1n) is 12.6. The molecule has 3 aromatic rings. The van der Waals surface area contributed by atoms with E-state index in [1.54, 1.807) is 62.4 Å². The summed E-state index contributed by atoms with van der Waals surface area (Å²) in [5, 5.41) is 3.34. The lowest BCUT2D eigenvalue weighted by molar-refractivity contribution is -0.139. The molecule has 12 heteroatoms. The quantitative estimate of drug-likeness (QED) is 0.364. The molecule has 4 rings (SSSR count). The Morgan fingerprint density at radius 2 is 1.60 bits per heavy atom. The van der Waals surface area contributed by atoms with Crippen LogP contribution in [0.25, 0.3) is 0 Å². The number of fused-ring (bicyclic) bond motifs is 1. The van der Waals surface area contributed by atoms with Gasteiger partial charge in [0.2, 0.25) is 11.8 Å². The van der Waals surface area contributed by atoms with E-state index < -0.39 is 34.4 Å². The van der Waals surface area contributed by atoms with Crippen molar-refractivity contribution >= 4 is 50.7 Å². The van der Waals surface area contributed by atoms with E-state index in [-0.39, 0.29) is 17.1 Å². The lowest BCUT2D eigenvalue weighted by Gasteiger charge is -2.32. The van der Waals surface area contributed by atoms with Crippen molar-refractivity contribution in [1.82, 2.24) is 10.2 Å². The Morgan fingerprint density at radius 3 is 2.25 bits per heavy atom. The molecule has 1 aliphatic heterocycles. The van der Waals surface area contributed by atoms with Crippen LogP contribution < -0.4 is 19.1 Å². The highest BCUT2D eigenvalue weighted by molar-refractivity contribution is 7.92. The van der Waals surface area contributed by atoms with E-state index in [1.807, 2.05) is 0 Å². The summed E-state index contributed by atoms with van der Waals surface area (Å²) in [6.45, 7) is 3.62. The molecule has 1 unspecified atom stereocenters. The maximum atomic E-state index is 14.0. The van der Waals surface area contributed by atoms with Crippen LogP contribution in [0.5, 0.6) is 11.5 Å². The lowest BCUT2D eigenvalue weighted by atomic mass is 10.1. The number of nitrogens with one attached hydrogen (secondary N) is 1. The maximum absolute atomic E-state index is 14.0. The van der Waals surface area contributed by atoms with Crippen molar-refractivity contribution in [3.05, 3.63) is 82.3 Å². The number of amides is 2. The van der Waals surface area contributed by atoms with Crippen molar-refractivity contribution in [2.45, 2.75) is 31.3 Å². The number of ether oxygens (including phenoxy) is 2. The highest BCUT2D eigenvalue weighted by Crippen LogP contribution is 2.36. The molecule has 212 valence electrons. The summed E-state index contributed by atoms with van der Waals surface area (Å²) in [5.74, 6) is -0.210. The van der Waals surface area contributed by atoms with Crippen molar-refractivity contribution in [3.63, 3.8) is 0 Å². The molecule has 0 fully saturated rings. The summed E-state index contributed by atoms with van der Waals surface area (Å²) in [5.41, 5.74) is 0.634. The first-order chi connectivity index (χ1) is 19.1. The number of likely N-dealkylation sites (N-methyl/N-ethyl adjacent to an activating group) is 1. The summed E-state index contributed by atoms with van der Waals surface area (Å²) in [6, 6.07) is 16.4. The third kappa shape index (κ3) is 6.46. The fourth-order valence-corrected chi connectivity index (χ4v) is 6.14. The monoisotopic (exact) mass is 605 g/mol. The number of anilines is 1. The number of benzene rings is 3. The molecule has 0 saturated carbocycles. The van der Waals surface area contributed by atoms with Gasteiger partial charge in [-0.1, -0.05) is 47.5 Å². The van der Waals surface area contributed by atoms with E-state index in [9.17, 15) is 18.0 Å². The number of nitrogens with zero attached hydrogens (tertiary/aromatic N) is 2. The van der Waals surface area contributed by atoms with Crippen molar-refractivity contribution in [2.24, 2.45) is 0 Å². The SMILES string of the molecule is CCNC(=O)C(C)N(Cc1c(Cl)cccc1Cl)C(=O)CN(c1ccc2c(c1)OCCO2)S(=O)(=O)c1ccccc1. The Labute approximate surface area is 243 Å². The smallest absolute Gasteiger partial charge is 0.264 e. The molecule has 0 aromatic heterocycles. The number of halogens is 2. The van der Waals surface area contributed by atoms with Crippen LogP contribution in [0, 0.1) is 0 Å². The lowest BCUT2D eigenvalue weighted by Crippen LogP contribution is -2.51. The van der Waals surface area contributed by atoms with Gasteiger partial charge in [0.15, 0.2) is 11.5 Å². The summed E-state index contributed by atoms with van der Waals surface area (Å²) in [4.78, 5) is 28.1. The van der Waals surface area contributed by atoms with Crippen molar-refractivity contribution in [3.8, 4) is 11.5 Å². The normalized spacial score (nSPS) is 13.3. The number of hydrogen-bond donors (Lipinski definition) is 1. The number of carbonyl (C=O) groups excluding carboxylic acids is 2. The van der Waals surface area contributed by atoms with Crippen molar-refractivity contribution in [2.75, 3.05) is 30.6 Å². The second-order valence-electron chi connectivity index (χ2n) is 8.95. The summed E-state index contributed by atoms with van der Waals surface area (Å²) in [7, 11) is -4.22. The largest absolute Gasteiger partial charge is 0.486 e. The predicted molar refractivity (Wildman–Crippen MR) is 154 cm³/mol. The molecule has 3 aromatic carbocycles. The average molecular weight is 607 g/mol. The molecule has 0 aliphatic carbocycles. The standard InChI is InChI=1S/C28H29Cl2N3O6S/c1-3-31-28(35)19(2)32(17-22-23(29)10-7-11-24(22)30)27(34)18-33(40(36,37)21-8-5-4-6-9-21)20-12-13-25-26(16-20)39-15-14-38-25/h4-13,16,19H,3,14-15,17-18H2,1-2H3,(H,31,35). The Morgan fingerprint density at radius 1 is 0.950 bits per heavy atom. The minimum absolute atomic E-state index is 0.00448. The van der Waals surface area contributed by atoms with Gasteiger partial charge >= 0.3 is 0 Å². The van der Waals surface area contributed by atoms with Crippen LogP contribution in [0.1, 0.15) is 19.4 Å². The zero-order valence-electron chi connectivity index (χ0n) is 22.0. The fourth-order valence-electron chi connectivity index (χ4n) is 4.19. The Kier molecular flexibility index (Phi) is 9.44. The minimum Gasteiger partial charge on any atom is -0.486 e. The molecule has 0 saturated heterocycles. The van der Waals surface area contributed by atoms with Crippen molar-refractivity contribution < 1.29 is 27.5 Å². The third-order valence-electron chi connectivity index (χ3n) is 6.33. The average Bonchev–Trinajstić information content (AvgIpc) is 2.95. The van der Waals surface area contributed by atoms with Crippen LogP contribution in [0.3, 0.4) is 0 Å². The van der Waals surface area contributed by atoms with Crippen LogP contribution in [-0.4, -0.2) is 57.5 Å². The van der Waals surface area contributed by atoms with E-state index >= 15 is 0 Å². The van der Waals surface area contributed by atoms with E-state index in [0.717, 1.165) is 4.31 Å². The van der Waals surface area contributed by atoms with Crippen LogP contribution >= 0.6 is 23.2 Å².